The molecule has 1 radical (unpaired) electrons. The summed E-state index contributed by atoms with van der Waals surface area (Å²) in [5.74, 6) is 1.43. The number of aromatic amines is 2. The van der Waals surface area contributed by atoms with Crippen LogP contribution in [0.4, 0.5) is 0 Å². The summed E-state index contributed by atoms with van der Waals surface area (Å²) in [6.07, 6.45) is 0. The van der Waals surface area contributed by atoms with Gasteiger partial charge in [-0.1, -0.05) is 131 Å². The molecule has 0 unspecified atom stereocenters. The van der Waals surface area contributed by atoms with Gasteiger partial charge in [0.25, 0.3) is 0 Å². The molecule has 0 spiro atoms. The first-order valence-electron chi connectivity index (χ1n) is 19.7. The molecule has 0 aliphatic rings. The van der Waals surface area contributed by atoms with Gasteiger partial charge in [0.1, 0.15) is 11.6 Å². The standard InChI is InChI=1S/2C21H26N2O.4C2H3N.Cu/c2*1-20(2,3)13-11-14(18(24)15(12-13)21(4,5)6)19-22-16-9-7-8-10-17(16)23-19;4*1-2-3;/h2*7-12,24H,1-6H3,(H,22,23);4*1H3;/q;;;;;;+2/p-2. The molecule has 0 aliphatic heterocycles. The number of imidazole rings is 2. The average Bonchev–Trinajstić information content (AvgIpc) is 3.76. The van der Waals surface area contributed by atoms with Gasteiger partial charge < -0.3 is 20.2 Å². The van der Waals surface area contributed by atoms with Crippen LogP contribution in [0.15, 0.2) is 72.8 Å². The van der Waals surface area contributed by atoms with Crippen molar-refractivity contribution in [1.29, 1.82) is 21.0 Å². The molecular formula is C50H62CuN8O2. The van der Waals surface area contributed by atoms with E-state index in [1.54, 1.807) is 24.3 Å². The first kappa shape index (κ1) is 54.9. The Morgan fingerprint density at radius 1 is 0.459 bits per heavy atom. The van der Waals surface area contributed by atoms with Crippen LogP contribution < -0.4 is 10.2 Å². The second-order valence-electron chi connectivity index (χ2n) is 17.9. The van der Waals surface area contributed by atoms with Crippen molar-refractivity contribution in [3.05, 3.63) is 95.1 Å². The number of nitriles is 4. The van der Waals surface area contributed by atoms with Crippen molar-refractivity contribution < 1.29 is 27.3 Å². The molecule has 61 heavy (non-hydrogen) atoms. The van der Waals surface area contributed by atoms with E-state index in [9.17, 15) is 10.2 Å². The van der Waals surface area contributed by atoms with Crippen molar-refractivity contribution in [3.63, 3.8) is 0 Å². The molecule has 10 nitrogen and oxygen atoms in total. The van der Waals surface area contributed by atoms with E-state index in [0.29, 0.717) is 22.8 Å². The first-order valence-corrected chi connectivity index (χ1v) is 19.7. The Kier molecular flexibility index (Phi) is 21.3. The second kappa shape index (κ2) is 23.6. The molecule has 4 aromatic carbocycles. The zero-order valence-electron chi connectivity index (χ0n) is 38.7. The quantitative estimate of drug-likeness (QED) is 0.160. The number of nitrogens with zero attached hydrogens (tertiary/aromatic N) is 6. The van der Waals surface area contributed by atoms with Crippen LogP contribution in [0.25, 0.3) is 44.8 Å². The van der Waals surface area contributed by atoms with Crippen LogP contribution in [-0.2, 0) is 38.7 Å². The molecule has 0 bridgehead atoms. The van der Waals surface area contributed by atoms with Crippen LogP contribution in [0, 0.1) is 45.3 Å². The van der Waals surface area contributed by atoms with Crippen LogP contribution in [-0.4, -0.2) is 19.9 Å². The van der Waals surface area contributed by atoms with Crippen LogP contribution >= 0.6 is 0 Å². The van der Waals surface area contributed by atoms with Crippen molar-refractivity contribution >= 4 is 22.1 Å². The number of hydrogen-bond donors (Lipinski definition) is 2. The third-order valence-corrected chi connectivity index (χ3v) is 8.81. The maximum atomic E-state index is 13.1. The van der Waals surface area contributed by atoms with Crippen LogP contribution in [0.1, 0.15) is 133 Å². The van der Waals surface area contributed by atoms with E-state index in [2.05, 4.69) is 115 Å². The number of hydrogen-bond acceptors (Lipinski definition) is 8. The van der Waals surface area contributed by atoms with Gasteiger partial charge in [-0.15, -0.1) is 0 Å². The van der Waals surface area contributed by atoms with Crippen molar-refractivity contribution in [1.82, 2.24) is 19.9 Å². The summed E-state index contributed by atoms with van der Waals surface area (Å²) >= 11 is 0. The normalized spacial score (nSPS) is 10.6. The third-order valence-electron chi connectivity index (χ3n) is 8.81. The second-order valence-corrected chi connectivity index (χ2v) is 17.9. The summed E-state index contributed by atoms with van der Waals surface area (Å²) in [7, 11) is 0. The number of para-hydroxylation sites is 4. The van der Waals surface area contributed by atoms with Crippen molar-refractivity contribution in [3.8, 4) is 58.6 Å². The van der Waals surface area contributed by atoms with E-state index >= 15 is 0 Å². The predicted molar refractivity (Wildman–Crippen MR) is 242 cm³/mol. The largest absolute Gasteiger partial charge is 2.00 e. The maximum Gasteiger partial charge on any atom is 2.00 e. The summed E-state index contributed by atoms with van der Waals surface area (Å²) in [5, 5.41) is 55.5. The van der Waals surface area contributed by atoms with E-state index in [-0.39, 0.29) is 50.2 Å². The first-order chi connectivity index (χ1) is 27.8. The maximum absolute atomic E-state index is 13.1. The third kappa shape index (κ3) is 15.8. The molecule has 0 atom stereocenters. The number of aromatic nitrogens is 4. The molecule has 6 rings (SSSR count). The number of nitrogens with one attached hydrogen (secondary N) is 2. The Morgan fingerprint density at radius 2 is 0.721 bits per heavy atom. The van der Waals surface area contributed by atoms with Crippen molar-refractivity contribution in [2.75, 3.05) is 0 Å². The van der Waals surface area contributed by atoms with Crippen LogP contribution in [0.3, 0.4) is 0 Å². The van der Waals surface area contributed by atoms with Gasteiger partial charge in [0.2, 0.25) is 0 Å². The average molecular weight is 871 g/mol. The van der Waals surface area contributed by atoms with E-state index in [1.165, 1.54) is 27.7 Å². The molecular weight excluding hydrogens is 808 g/mol. The molecule has 6 aromatic rings. The van der Waals surface area contributed by atoms with Gasteiger partial charge in [-0.05, 0) is 80.3 Å². The van der Waals surface area contributed by atoms with Crippen molar-refractivity contribution in [2.24, 2.45) is 0 Å². The fourth-order valence-corrected chi connectivity index (χ4v) is 5.75. The molecule has 2 aromatic heterocycles. The minimum Gasteiger partial charge on any atom is -0.872 e. The topological polar surface area (TPSA) is 199 Å². The smallest absolute Gasteiger partial charge is 0.872 e. The SMILES string of the molecule is CC#N.CC#N.CC#N.CC#N.CC(C)(C)c1cc(-c2nc3ccccc3[nH]2)c([O-])c(C(C)(C)C)c1.CC(C)(C)c1cc(-c2nc3ccccc3[nH]2)c([O-])c(C(C)(C)C)c1.[Cu+2]. The van der Waals surface area contributed by atoms with Gasteiger partial charge in [0.15, 0.2) is 0 Å². The van der Waals surface area contributed by atoms with Gasteiger partial charge in [-0.2, -0.15) is 21.0 Å². The molecule has 0 saturated heterocycles. The molecule has 0 amide bonds. The summed E-state index contributed by atoms with van der Waals surface area (Å²) in [5.41, 5.74) is 8.47. The molecule has 0 aliphatic carbocycles. The molecule has 325 valence electrons. The molecule has 2 N–H and O–H groups in total. The Balaban J connectivity index is 0.000000926. The summed E-state index contributed by atoms with van der Waals surface area (Å²) < 4.78 is 0. The zero-order valence-corrected chi connectivity index (χ0v) is 39.7. The fraction of sp³-hybridized carbons (Fsp3) is 0.400. The molecule has 11 heteroatoms. The molecule has 2 heterocycles. The number of rotatable bonds is 2. The summed E-state index contributed by atoms with van der Waals surface area (Å²) in [6.45, 7) is 31.2. The van der Waals surface area contributed by atoms with Gasteiger partial charge in [0.05, 0.1) is 46.3 Å². The van der Waals surface area contributed by atoms with Crippen molar-refractivity contribution in [2.45, 2.75) is 132 Å². The summed E-state index contributed by atoms with van der Waals surface area (Å²) in [4.78, 5) is 15.9. The Morgan fingerprint density at radius 3 is 0.951 bits per heavy atom. The predicted octanol–water partition coefficient (Wildman–Crippen LogP) is 11.9. The van der Waals surface area contributed by atoms with E-state index in [4.69, 9.17) is 21.0 Å². The number of benzene rings is 4. The van der Waals surface area contributed by atoms with Gasteiger partial charge in [-0.3, -0.25) is 0 Å². The Hall–Kier alpha value is -6.10. The monoisotopic (exact) mass is 869 g/mol. The summed E-state index contributed by atoms with van der Waals surface area (Å²) in [6, 6.07) is 30.8. The zero-order chi connectivity index (χ0) is 46.2. The van der Waals surface area contributed by atoms with Gasteiger partial charge in [0, 0.05) is 38.8 Å². The van der Waals surface area contributed by atoms with Crippen LogP contribution in [0.5, 0.6) is 11.5 Å². The van der Waals surface area contributed by atoms with E-state index in [0.717, 1.165) is 44.3 Å². The van der Waals surface area contributed by atoms with E-state index < -0.39 is 0 Å². The van der Waals surface area contributed by atoms with E-state index in [1.807, 2.05) is 60.7 Å². The number of fused-ring (bicyclic) bond motifs is 2. The molecule has 0 fully saturated rings. The van der Waals surface area contributed by atoms with Crippen LogP contribution in [0.2, 0.25) is 0 Å². The van der Waals surface area contributed by atoms with Gasteiger partial charge >= 0.3 is 17.1 Å². The minimum absolute atomic E-state index is 0. The number of H-pyrrole nitrogens is 2. The Labute approximate surface area is 374 Å². The molecule has 0 saturated carbocycles. The Bertz CT molecular complexity index is 2230. The van der Waals surface area contributed by atoms with Gasteiger partial charge in [-0.25, -0.2) is 9.97 Å². The fourth-order valence-electron chi connectivity index (χ4n) is 5.75. The minimum atomic E-state index is -0.209.